The van der Waals surface area contributed by atoms with E-state index in [1.54, 1.807) is 18.2 Å². The Hall–Kier alpha value is -3.36. The van der Waals surface area contributed by atoms with E-state index in [0.717, 1.165) is 30.0 Å². The van der Waals surface area contributed by atoms with Crippen molar-refractivity contribution in [2.45, 2.75) is 20.1 Å². The Morgan fingerprint density at radius 2 is 1.74 bits per heavy atom. The van der Waals surface area contributed by atoms with Crippen LogP contribution in [0.25, 0.3) is 16.9 Å². The van der Waals surface area contributed by atoms with Gasteiger partial charge in [-0.2, -0.15) is 0 Å². The first kappa shape index (κ1) is 22.4. The second-order valence-corrected chi connectivity index (χ2v) is 8.30. The molecular formula is C26H24F3N3O2. The van der Waals surface area contributed by atoms with Gasteiger partial charge in [0.2, 0.25) is 0 Å². The maximum atomic E-state index is 14.6. The third-order valence-electron chi connectivity index (χ3n) is 6.04. The Morgan fingerprint density at radius 3 is 2.50 bits per heavy atom. The number of halogens is 3. The van der Waals surface area contributed by atoms with Gasteiger partial charge in [0.05, 0.1) is 30.2 Å². The molecule has 0 saturated carbocycles. The van der Waals surface area contributed by atoms with Crippen molar-refractivity contribution in [2.24, 2.45) is 0 Å². The summed E-state index contributed by atoms with van der Waals surface area (Å²) in [6.07, 6.45) is 1.84. The zero-order chi connectivity index (χ0) is 23.7. The molecule has 0 atom stereocenters. The topological polar surface area (TPSA) is 39.0 Å². The van der Waals surface area contributed by atoms with E-state index in [-0.39, 0.29) is 18.0 Å². The van der Waals surface area contributed by atoms with Crippen LogP contribution in [0.4, 0.5) is 13.2 Å². The predicted molar refractivity (Wildman–Crippen MR) is 122 cm³/mol. The zero-order valence-corrected chi connectivity index (χ0v) is 18.7. The van der Waals surface area contributed by atoms with Gasteiger partial charge < -0.3 is 9.47 Å². The van der Waals surface area contributed by atoms with Crippen molar-refractivity contribution >= 4 is 5.65 Å². The maximum absolute atomic E-state index is 14.6. The molecule has 2 aromatic carbocycles. The molecule has 4 aromatic rings. The lowest BCUT2D eigenvalue weighted by atomic mass is 10.1. The van der Waals surface area contributed by atoms with Gasteiger partial charge in [-0.25, -0.2) is 18.2 Å². The number of rotatable bonds is 6. The van der Waals surface area contributed by atoms with Crippen molar-refractivity contribution in [3.63, 3.8) is 0 Å². The molecular weight excluding hydrogens is 443 g/mol. The Balaban J connectivity index is 1.47. The average Bonchev–Trinajstić information content (AvgIpc) is 3.17. The van der Waals surface area contributed by atoms with Gasteiger partial charge in [0.15, 0.2) is 11.4 Å². The smallest absolute Gasteiger partial charge is 0.180 e. The lowest BCUT2D eigenvalue weighted by molar-refractivity contribution is 0.0337. The minimum absolute atomic E-state index is 0.140. The lowest BCUT2D eigenvalue weighted by Crippen LogP contribution is -2.35. The molecule has 5 nitrogen and oxygen atoms in total. The zero-order valence-electron chi connectivity index (χ0n) is 18.7. The third-order valence-corrected chi connectivity index (χ3v) is 6.04. The molecule has 0 bridgehead atoms. The van der Waals surface area contributed by atoms with Crippen molar-refractivity contribution in [1.82, 2.24) is 14.3 Å². The number of hydrogen-bond donors (Lipinski definition) is 0. The molecule has 0 aliphatic carbocycles. The molecule has 176 valence electrons. The van der Waals surface area contributed by atoms with E-state index in [1.807, 2.05) is 23.6 Å². The predicted octanol–water partition coefficient (Wildman–Crippen LogP) is 5.14. The van der Waals surface area contributed by atoms with E-state index in [9.17, 15) is 13.2 Å². The highest BCUT2D eigenvalue weighted by atomic mass is 19.1. The number of nitrogens with zero attached hydrogens (tertiary/aromatic N) is 3. The molecule has 3 heterocycles. The highest BCUT2D eigenvalue weighted by Gasteiger charge is 2.18. The molecule has 1 saturated heterocycles. The van der Waals surface area contributed by atoms with E-state index < -0.39 is 11.6 Å². The number of aryl methyl sites for hydroxylation is 1. The molecule has 2 aromatic heterocycles. The van der Waals surface area contributed by atoms with Crippen LogP contribution in [0.1, 0.15) is 16.8 Å². The van der Waals surface area contributed by atoms with Crippen LogP contribution in [0.15, 0.2) is 54.7 Å². The van der Waals surface area contributed by atoms with Crippen LogP contribution in [-0.4, -0.2) is 40.6 Å². The normalized spacial score (nSPS) is 14.6. The summed E-state index contributed by atoms with van der Waals surface area (Å²) >= 11 is 0. The van der Waals surface area contributed by atoms with E-state index >= 15 is 0 Å². The fourth-order valence-corrected chi connectivity index (χ4v) is 4.28. The van der Waals surface area contributed by atoms with Gasteiger partial charge in [0, 0.05) is 37.0 Å². The number of imidazole rings is 1. The van der Waals surface area contributed by atoms with E-state index in [4.69, 9.17) is 9.47 Å². The molecule has 0 N–H and O–H groups in total. The molecule has 5 rings (SSSR count). The van der Waals surface area contributed by atoms with Crippen LogP contribution in [0.5, 0.6) is 5.75 Å². The first-order chi connectivity index (χ1) is 16.5. The fraction of sp³-hybridized carbons (Fsp3) is 0.269. The summed E-state index contributed by atoms with van der Waals surface area (Å²) in [6.45, 7) is 4.93. The Morgan fingerprint density at radius 1 is 0.971 bits per heavy atom. The number of benzene rings is 2. The molecule has 1 aliphatic rings. The molecule has 34 heavy (non-hydrogen) atoms. The van der Waals surface area contributed by atoms with E-state index in [2.05, 4.69) is 9.88 Å². The van der Waals surface area contributed by atoms with Crippen LogP contribution >= 0.6 is 0 Å². The van der Waals surface area contributed by atoms with Gasteiger partial charge >= 0.3 is 0 Å². The highest BCUT2D eigenvalue weighted by Crippen LogP contribution is 2.31. The maximum Gasteiger partial charge on any atom is 0.180 e. The molecule has 0 radical (unpaired) electrons. The van der Waals surface area contributed by atoms with Crippen LogP contribution in [0, 0.1) is 24.4 Å². The van der Waals surface area contributed by atoms with Gasteiger partial charge in [0.25, 0.3) is 0 Å². The molecule has 0 unspecified atom stereocenters. The van der Waals surface area contributed by atoms with Gasteiger partial charge in [-0.1, -0.05) is 6.07 Å². The standard InChI is InChI=1S/C26H24F3N3O2/c1-17-25(18-7-8-21(27)19(14-18)15-31-10-12-33-13-11-31)32-9-3-6-24(26(32)30-17)34-16-20-22(28)4-2-5-23(20)29/h2-9,14H,10-13,15-16H2,1H3. The van der Waals surface area contributed by atoms with Gasteiger partial charge in [-0.15, -0.1) is 0 Å². The van der Waals surface area contributed by atoms with Gasteiger partial charge in [-0.3, -0.25) is 9.30 Å². The van der Waals surface area contributed by atoms with Crippen molar-refractivity contribution in [1.29, 1.82) is 0 Å². The summed E-state index contributed by atoms with van der Waals surface area (Å²) in [5.41, 5.74) is 3.35. The fourth-order valence-electron chi connectivity index (χ4n) is 4.28. The summed E-state index contributed by atoms with van der Waals surface area (Å²) in [6, 6.07) is 12.3. The highest BCUT2D eigenvalue weighted by molar-refractivity contribution is 5.70. The SMILES string of the molecule is Cc1nc2c(OCc3c(F)cccc3F)cccn2c1-c1ccc(F)c(CN2CCOCC2)c1. The largest absolute Gasteiger partial charge is 0.485 e. The van der Waals surface area contributed by atoms with Gasteiger partial charge in [0.1, 0.15) is 24.1 Å². The molecule has 1 aliphatic heterocycles. The van der Waals surface area contributed by atoms with Crippen LogP contribution in [0.3, 0.4) is 0 Å². The van der Waals surface area contributed by atoms with Crippen LogP contribution < -0.4 is 4.74 Å². The summed E-state index contributed by atoms with van der Waals surface area (Å²) in [4.78, 5) is 6.81. The van der Waals surface area contributed by atoms with Crippen molar-refractivity contribution in [3.05, 3.63) is 89.0 Å². The molecule has 0 spiro atoms. The Labute approximate surface area is 195 Å². The summed E-state index contributed by atoms with van der Waals surface area (Å²) in [5, 5.41) is 0. The van der Waals surface area contributed by atoms with E-state index in [1.165, 1.54) is 24.3 Å². The first-order valence-electron chi connectivity index (χ1n) is 11.1. The molecule has 1 fully saturated rings. The average molecular weight is 467 g/mol. The molecule has 0 amide bonds. The Bertz CT molecular complexity index is 1310. The minimum Gasteiger partial charge on any atom is -0.485 e. The number of ether oxygens (including phenoxy) is 2. The molecule has 8 heteroatoms. The number of hydrogen-bond acceptors (Lipinski definition) is 4. The lowest BCUT2D eigenvalue weighted by Gasteiger charge is -2.26. The monoisotopic (exact) mass is 467 g/mol. The summed E-state index contributed by atoms with van der Waals surface area (Å²) < 4.78 is 55.7. The van der Waals surface area contributed by atoms with Crippen molar-refractivity contribution < 1.29 is 22.6 Å². The van der Waals surface area contributed by atoms with Crippen molar-refractivity contribution in [2.75, 3.05) is 26.3 Å². The number of pyridine rings is 1. The number of aromatic nitrogens is 2. The minimum atomic E-state index is -0.661. The number of morpholine rings is 1. The quantitative estimate of drug-likeness (QED) is 0.394. The number of fused-ring (bicyclic) bond motifs is 1. The van der Waals surface area contributed by atoms with Gasteiger partial charge in [-0.05, 0) is 49.4 Å². The summed E-state index contributed by atoms with van der Waals surface area (Å²) in [5.74, 6) is -1.18. The second kappa shape index (κ2) is 9.48. The van der Waals surface area contributed by atoms with Crippen LogP contribution in [0.2, 0.25) is 0 Å². The Kier molecular flexibility index (Phi) is 6.26. The van der Waals surface area contributed by atoms with Crippen LogP contribution in [-0.2, 0) is 17.9 Å². The third kappa shape index (κ3) is 4.38. The van der Waals surface area contributed by atoms with E-state index in [0.29, 0.717) is 36.7 Å². The van der Waals surface area contributed by atoms with Crippen molar-refractivity contribution in [3.8, 4) is 17.0 Å². The summed E-state index contributed by atoms with van der Waals surface area (Å²) in [7, 11) is 0. The first-order valence-corrected chi connectivity index (χ1v) is 11.1. The second-order valence-electron chi connectivity index (χ2n) is 8.30.